The van der Waals surface area contributed by atoms with Gasteiger partial charge in [0.05, 0.1) is 11.5 Å². The molecule has 5 nitrogen and oxygen atoms in total. The number of anilines is 1. The first-order valence-electron chi connectivity index (χ1n) is 6.78. The zero-order valence-corrected chi connectivity index (χ0v) is 12.6. The highest BCUT2D eigenvalue weighted by Crippen LogP contribution is 2.18. The molecule has 0 bridgehead atoms. The second-order valence-corrected chi connectivity index (χ2v) is 6.18. The van der Waals surface area contributed by atoms with Crippen LogP contribution in [0.15, 0.2) is 53.6 Å². The third-order valence-corrected chi connectivity index (χ3v) is 4.18. The van der Waals surface area contributed by atoms with Crippen LogP contribution in [0.3, 0.4) is 0 Å². The van der Waals surface area contributed by atoms with Gasteiger partial charge < -0.3 is 4.74 Å². The van der Waals surface area contributed by atoms with E-state index < -0.39 is 10.0 Å². The topological polar surface area (TPSA) is 68.3 Å². The molecule has 0 aliphatic rings. The number of nitrogens with one attached hydrogen (secondary N) is 1. The summed E-state index contributed by atoms with van der Waals surface area (Å²) in [5.41, 5.74) is 0. The summed E-state index contributed by atoms with van der Waals surface area (Å²) in [6, 6.07) is 11.4. The number of aromatic nitrogens is 1. The number of hydrogen-bond acceptors (Lipinski definition) is 4. The van der Waals surface area contributed by atoms with Gasteiger partial charge in [-0.25, -0.2) is 13.4 Å². The summed E-state index contributed by atoms with van der Waals surface area (Å²) in [7, 11) is -3.62. The Bertz CT molecular complexity index is 655. The summed E-state index contributed by atoms with van der Waals surface area (Å²) in [6.07, 6.45) is 3.56. The lowest BCUT2D eigenvalue weighted by molar-refractivity contribution is 0.309. The average Bonchev–Trinajstić information content (AvgIpc) is 2.49. The van der Waals surface area contributed by atoms with Gasteiger partial charge in [0.1, 0.15) is 11.6 Å². The fourth-order valence-corrected chi connectivity index (χ4v) is 2.68. The van der Waals surface area contributed by atoms with Crippen LogP contribution >= 0.6 is 0 Å². The molecule has 2 rings (SSSR count). The van der Waals surface area contributed by atoms with Crippen LogP contribution < -0.4 is 9.46 Å². The molecular formula is C15H18N2O3S. The van der Waals surface area contributed by atoms with Gasteiger partial charge in [0.15, 0.2) is 0 Å². The molecule has 0 saturated carbocycles. The minimum atomic E-state index is -3.62. The van der Waals surface area contributed by atoms with Gasteiger partial charge in [-0.05, 0) is 42.8 Å². The molecule has 0 aliphatic heterocycles. The van der Waals surface area contributed by atoms with Gasteiger partial charge in [-0.2, -0.15) is 0 Å². The predicted octanol–water partition coefficient (Wildman–Crippen LogP) is 3.06. The van der Waals surface area contributed by atoms with Crippen molar-refractivity contribution in [2.45, 2.75) is 24.7 Å². The molecule has 0 spiro atoms. The van der Waals surface area contributed by atoms with Gasteiger partial charge in [-0.15, -0.1) is 0 Å². The van der Waals surface area contributed by atoms with Crippen LogP contribution in [0, 0.1) is 0 Å². The summed E-state index contributed by atoms with van der Waals surface area (Å²) < 4.78 is 32.3. The van der Waals surface area contributed by atoms with Crippen molar-refractivity contribution in [3.05, 3.63) is 48.7 Å². The van der Waals surface area contributed by atoms with Gasteiger partial charge in [0.25, 0.3) is 10.0 Å². The molecule has 1 aromatic heterocycles. The Morgan fingerprint density at radius 3 is 2.52 bits per heavy atom. The minimum absolute atomic E-state index is 0.177. The standard InChI is InChI=1S/C15H18N2O3S/c1-2-3-12-20-13-7-9-14(10-8-13)21(18,19)17-15-6-4-5-11-16-15/h4-11H,2-3,12H2,1H3,(H,16,17). The van der Waals surface area contributed by atoms with Crippen molar-refractivity contribution < 1.29 is 13.2 Å². The normalized spacial score (nSPS) is 11.1. The maximum atomic E-state index is 12.2. The first kappa shape index (κ1) is 15.3. The second kappa shape index (κ2) is 7.08. The van der Waals surface area contributed by atoms with E-state index >= 15 is 0 Å². The van der Waals surface area contributed by atoms with Crippen molar-refractivity contribution in [2.75, 3.05) is 11.3 Å². The Kier molecular flexibility index (Phi) is 5.16. The lowest BCUT2D eigenvalue weighted by atomic mass is 10.3. The fourth-order valence-electron chi connectivity index (χ4n) is 1.67. The van der Waals surface area contributed by atoms with Crippen LogP contribution in [-0.2, 0) is 10.0 Å². The van der Waals surface area contributed by atoms with Gasteiger partial charge in [0.2, 0.25) is 0 Å². The number of hydrogen-bond donors (Lipinski definition) is 1. The molecule has 2 aromatic rings. The van der Waals surface area contributed by atoms with E-state index in [2.05, 4.69) is 16.6 Å². The molecule has 0 amide bonds. The summed E-state index contributed by atoms with van der Waals surface area (Å²) in [5.74, 6) is 0.959. The van der Waals surface area contributed by atoms with E-state index in [0.717, 1.165) is 12.8 Å². The van der Waals surface area contributed by atoms with Crippen molar-refractivity contribution in [2.24, 2.45) is 0 Å². The third kappa shape index (κ3) is 4.46. The van der Waals surface area contributed by atoms with Gasteiger partial charge >= 0.3 is 0 Å². The number of nitrogens with zero attached hydrogens (tertiary/aromatic N) is 1. The van der Waals surface area contributed by atoms with Crippen LogP contribution in [-0.4, -0.2) is 20.0 Å². The Balaban J connectivity index is 2.06. The van der Waals surface area contributed by atoms with E-state index in [1.165, 1.54) is 18.3 Å². The van der Waals surface area contributed by atoms with Crippen molar-refractivity contribution in [1.82, 2.24) is 4.98 Å². The van der Waals surface area contributed by atoms with E-state index in [9.17, 15) is 8.42 Å². The molecule has 1 aromatic carbocycles. The first-order valence-corrected chi connectivity index (χ1v) is 8.27. The van der Waals surface area contributed by atoms with Crippen molar-refractivity contribution in [3.63, 3.8) is 0 Å². The van der Waals surface area contributed by atoms with Crippen molar-refractivity contribution >= 4 is 15.8 Å². The maximum absolute atomic E-state index is 12.2. The summed E-state index contributed by atoms with van der Waals surface area (Å²) in [6.45, 7) is 2.72. The molecule has 1 heterocycles. The highest BCUT2D eigenvalue weighted by Gasteiger charge is 2.14. The Labute approximate surface area is 125 Å². The van der Waals surface area contributed by atoms with E-state index in [1.807, 2.05) is 0 Å². The van der Waals surface area contributed by atoms with E-state index in [1.54, 1.807) is 30.3 Å². The quantitative estimate of drug-likeness (QED) is 0.798. The number of benzene rings is 1. The number of ether oxygens (including phenoxy) is 1. The third-order valence-electron chi connectivity index (χ3n) is 2.80. The van der Waals surface area contributed by atoms with Crippen LogP contribution in [0.1, 0.15) is 19.8 Å². The zero-order chi connectivity index (χ0) is 15.1. The van der Waals surface area contributed by atoms with Crippen LogP contribution in [0.25, 0.3) is 0 Å². The number of sulfonamides is 1. The van der Waals surface area contributed by atoms with E-state index in [0.29, 0.717) is 18.2 Å². The molecule has 0 fully saturated rings. The number of rotatable bonds is 7. The minimum Gasteiger partial charge on any atom is -0.494 e. The highest BCUT2D eigenvalue weighted by atomic mass is 32.2. The molecule has 0 atom stereocenters. The van der Waals surface area contributed by atoms with Crippen molar-refractivity contribution in [3.8, 4) is 5.75 Å². The van der Waals surface area contributed by atoms with E-state index in [-0.39, 0.29) is 4.90 Å². The molecule has 1 N–H and O–H groups in total. The molecule has 0 saturated heterocycles. The zero-order valence-electron chi connectivity index (χ0n) is 11.8. The van der Waals surface area contributed by atoms with Crippen LogP contribution in [0.5, 0.6) is 5.75 Å². The Hall–Kier alpha value is -2.08. The lowest BCUT2D eigenvalue weighted by Gasteiger charge is -2.09. The molecule has 0 unspecified atom stereocenters. The Morgan fingerprint density at radius 2 is 1.90 bits per heavy atom. The predicted molar refractivity (Wildman–Crippen MR) is 81.9 cm³/mol. The molecule has 112 valence electrons. The smallest absolute Gasteiger partial charge is 0.263 e. The average molecular weight is 306 g/mol. The van der Waals surface area contributed by atoms with Gasteiger partial charge in [-0.1, -0.05) is 19.4 Å². The lowest BCUT2D eigenvalue weighted by Crippen LogP contribution is -2.13. The molecule has 21 heavy (non-hydrogen) atoms. The SMILES string of the molecule is CCCCOc1ccc(S(=O)(=O)Nc2ccccn2)cc1. The van der Waals surface area contributed by atoms with Crippen LogP contribution in [0.4, 0.5) is 5.82 Å². The Morgan fingerprint density at radius 1 is 1.14 bits per heavy atom. The van der Waals surface area contributed by atoms with E-state index in [4.69, 9.17) is 4.74 Å². The molecular weight excluding hydrogens is 288 g/mol. The molecule has 0 radical (unpaired) electrons. The largest absolute Gasteiger partial charge is 0.494 e. The maximum Gasteiger partial charge on any atom is 0.263 e. The van der Waals surface area contributed by atoms with Gasteiger partial charge in [-0.3, -0.25) is 4.72 Å². The van der Waals surface area contributed by atoms with Crippen molar-refractivity contribution in [1.29, 1.82) is 0 Å². The first-order chi connectivity index (χ1) is 10.1. The fraction of sp³-hybridized carbons (Fsp3) is 0.267. The summed E-state index contributed by atoms with van der Waals surface area (Å²) in [5, 5.41) is 0. The number of pyridine rings is 1. The molecule has 0 aliphatic carbocycles. The summed E-state index contributed by atoms with van der Waals surface area (Å²) in [4.78, 5) is 4.12. The molecule has 6 heteroatoms. The van der Waals surface area contributed by atoms with Crippen LogP contribution in [0.2, 0.25) is 0 Å². The second-order valence-electron chi connectivity index (χ2n) is 4.49. The highest BCUT2D eigenvalue weighted by molar-refractivity contribution is 7.92. The monoisotopic (exact) mass is 306 g/mol. The number of unbranched alkanes of at least 4 members (excludes halogenated alkanes) is 1. The summed E-state index contributed by atoms with van der Waals surface area (Å²) >= 11 is 0. The van der Waals surface area contributed by atoms with Gasteiger partial charge in [0, 0.05) is 6.20 Å².